The fraction of sp³-hybridized carbons (Fsp3) is 0.273. The molecule has 0 aliphatic heterocycles. The van der Waals surface area contributed by atoms with Gasteiger partial charge in [-0.3, -0.25) is 4.90 Å². The Labute approximate surface area is 144 Å². The van der Waals surface area contributed by atoms with Crippen LogP contribution in [-0.2, 0) is 19.4 Å². The zero-order valence-corrected chi connectivity index (χ0v) is 14.5. The lowest BCUT2D eigenvalue weighted by Gasteiger charge is -2.21. The standard InChI is InChI=1S/C22H26N2/c1-3-13-24(17-19-9-7-8-18(4-2)15-19)14-12-20-16-23-22-11-6-5-10-21(20)22/h3,5-11,15-16,23H,1,4,12-14,17H2,2H3. The molecule has 3 aromatic rings. The van der Waals surface area contributed by atoms with Crippen molar-refractivity contribution in [1.82, 2.24) is 9.88 Å². The van der Waals surface area contributed by atoms with Gasteiger partial charge in [0, 0.05) is 36.7 Å². The molecule has 0 amide bonds. The van der Waals surface area contributed by atoms with E-state index in [0.29, 0.717) is 0 Å². The van der Waals surface area contributed by atoms with E-state index in [1.807, 2.05) is 6.08 Å². The van der Waals surface area contributed by atoms with E-state index < -0.39 is 0 Å². The van der Waals surface area contributed by atoms with Crippen LogP contribution in [-0.4, -0.2) is 23.0 Å². The molecule has 24 heavy (non-hydrogen) atoms. The van der Waals surface area contributed by atoms with Crippen molar-refractivity contribution in [3.63, 3.8) is 0 Å². The predicted octanol–water partition coefficient (Wildman–Crippen LogP) is 4.96. The van der Waals surface area contributed by atoms with Crippen LogP contribution in [0.5, 0.6) is 0 Å². The van der Waals surface area contributed by atoms with Gasteiger partial charge in [0.25, 0.3) is 0 Å². The molecule has 0 fully saturated rings. The smallest absolute Gasteiger partial charge is 0.0456 e. The van der Waals surface area contributed by atoms with Gasteiger partial charge in [-0.25, -0.2) is 0 Å². The molecule has 0 aliphatic rings. The van der Waals surface area contributed by atoms with Gasteiger partial charge in [0.15, 0.2) is 0 Å². The van der Waals surface area contributed by atoms with Crippen molar-refractivity contribution in [2.75, 3.05) is 13.1 Å². The van der Waals surface area contributed by atoms with Gasteiger partial charge in [0.2, 0.25) is 0 Å². The number of para-hydroxylation sites is 1. The molecule has 0 atom stereocenters. The molecule has 2 heteroatoms. The van der Waals surface area contributed by atoms with Gasteiger partial charge in [0.1, 0.15) is 0 Å². The summed E-state index contributed by atoms with van der Waals surface area (Å²) in [5.41, 5.74) is 5.40. The molecule has 1 N–H and O–H groups in total. The first-order chi connectivity index (χ1) is 11.8. The second-order valence-electron chi connectivity index (χ2n) is 6.31. The van der Waals surface area contributed by atoms with Crippen molar-refractivity contribution in [2.45, 2.75) is 26.3 Å². The number of nitrogens with zero attached hydrogens (tertiary/aromatic N) is 1. The highest BCUT2D eigenvalue weighted by molar-refractivity contribution is 5.83. The third-order valence-corrected chi connectivity index (χ3v) is 4.57. The molecule has 0 radical (unpaired) electrons. The molecule has 0 bridgehead atoms. The van der Waals surface area contributed by atoms with Crippen LogP contribution in [0.4, 0.5) is 0 Å². The maximum atomic E-state index is 3.92. The van der Waals surface area contributed by atoms with Gasteiger partial charge in [0.05, 0.1) is 0 Å². The van der Waals surface area contributed by atoms with Crippen LogP contribution in [0, 0.1) is 0 Å². The molecule has 2 aromatic carbocycles. The number of H-pyrrole nitrogens is 1. The van der Waals surface area contributed by atoms with Crippen LogP contribution in [0.3, 0.4) is 0 Å². The molecule has 3 rings (SSSR count). The maximum absolute atomic E-state index is 3.92. The zero-order chi connectivity index (χ0) is 16.8. The van der Waals surface area contributed by atoms with Crippen LogP contribution in [0.2, 0.25) is 0 Å². The first-order valence-electron chi connectivity index (χ1n) is 8.76. The van der Waals surface area contributed by atoms with Crippen LogP contribution >= 0.6 is 0 Å². The van der Waals surface area contributed by atoms with Gasteiger partial charge in [-0.05, 0) is 35.6 Å². The fourth-order valence-corrected chi connectivity index (χ4v) is 3.24. The number of benzene rings is 2. The summed E-state index contributed by atoms with van der Waals surface area (Å²) in [6.07, 6.45) is 6.28. The van der Waals surface area contributed by atoms with E-state index in [4.69, 9.17) is 0 Å². The SMILES string of the molecule is C=CCN(CCc1c[nH]c2ccccc12)Cc1cccc(CC)c1. The molecule has 0 spiro atoms. The summed E-state index contributed by atoms with van der Waals surface area (Å²) in [7, 11) is 0. The zero-order valence-electron chi connectivity index (χ0n) is 14.5. The lowest BCUT2D eigenvalue weighted by Crippen LogP contribution is -2.25. The van der Waals surface area contributed by atoms with E-state index in [1.165, 1.54) is 27.6 Å². The van der Waals surface area contributed by atoms with E-state index in [2.05, 4.69) is 78.1 Å². The first-order valence-corrected chi connectivity index (χ1v) is 8.76. The Kier molecular flexibility index (Phi) is 5.50. The lowest BCUT2D eigenvalue weighted by molar-refractivity contribution is 0.298. The van der Waals surface area contributed by atoms with Crippen LogP contribution < -0.4 is 0 Å². The summed E-state index contributed by atoms with van der Waals surface area (Å²) in [5.74, 6) is 0. The largest absolute Gasteiger partial charge is 0.361 e. The van der Waals surface area contributed by atoms with E-state index in [0.717, 1.165) is 32.5 Å². The van der Waals surface area contributed by atoms with Crippen molar-refractivity contribution in [3.8, 4) is 0 Å². The molecule has 0 unspecified atom stereocenters. The van der Waals surface area contributed by atoms with Crippen LogP contribution in [0.25, 0.3) is 10.9 Å². The number of hydrogen-bond acceptors (Lipinski definition) is 1. The van der Waals surface area contributed by atoms with Gasteiger partial charge < -0.3 is 4.98 Å². The number of nitrogens with one attached hydrogen (secondary N) is 1. The molecule has 0 saturated carbocycles. The molecule has 0 aliphatic carbocycles. The van der Waals surface area contributed by atoms with Gasteiger partial charge in [-0.2, -0.15) is 0 Å². The minimum atomic E-state index is 0.915. The minimum Gasteiger partial charge on any atom is -0.361 e. The molecular weight excluding hydrogens is 292 g/mol. The first kappa shape index (κ1) is 16.5. The van der Waals surface area contributed by atoms with Crippen molar-refractivity contribution in [2.24, 2.45) is 0 Å². The molecule has 2 nitrogen and oxygen atoms in total. The van der Waals surface area contributed by atoms with Crippen LogP contribution in [0.1, 0.15) is 23.6 Å². The highest BCUT2D eigenvalue weighted by Crippen LogP contribution is 2.19. The molecular formula is C22H26N2. The third-order valence-electron chi connectivity index (χ3n) is 4.57. The number of aromatic amines is 1. The number of aryl methyl sites for hydroxylation is 1. The van der Waals surface area contributed by atoms with Crippen molar-refractivity contribution in [1.29, 1.82) is 0 Å². The molecule has 124 valence electrons. The summed E-state index contributed by atoms with van der Waals surface area (Å²) in [6.45, 7) is 9.05. The van der Waals surface area contributed by atoms with Crippen LogP contribution in [0.15, 0.2) is 67.4 Å². The average molecular weight is 318 g/mol. The highest BCUT2D eigenvalue weighted by Gasteiger charge is 2.08. The Morgan fingerprint density at radius 1 is 1.08 bits per heavy atom. The Hall–Kier alpha value is -2.32. The molecule has 1 heterocycles. The number of aromatic nitrogens is 1. The highest BCUT2D eigenvalue weighted by atomic mass is 15.1. The van der Waals surface area contributed by atoms with Crippen molar-refractivity contribution in [3.05, 3.63) is 84.1 Å². The van der Waals surface area contributed by atoms with E-state index in [9.17, 15) is 0 Å². The Bertz CT molecular complexity index is 800. The monoisotopic (exact) mass is 318 g/mol. The predicted molar refractivity (Wildman–Crippen MR) is 103 cm³/mol. The van der Waals surface area contributed by atoms with Crippen molar-refractivity contribution >= 4 is 10.9 Å². The fourth-order valence-electron chi connectivity index (χ4n) is 3.24. The van der Waals surface area contributed by atoms with Gasteiger partial charge in [-0.15, -0.1) is 6.58 Å². The van der Waals surface area contributed by atoms with Gasteiger partial charge >= 0.3 is 0 Å². The van der Waals surface area contributed by atoms with Crippen molar-refractivity contribution < 1.29 is 0 Å². The van der Waals surface area contributed by atoms with E-state index in [1.54, 1.807) is 0 Å². The maximum Gasteiger partial charge on any atom is 0.0456 e. The number of hydrogen-bond donors (Lipinski definition) is 1. The normalized spacial score (nSPS) is 11.2. The van der Waals surface area contributed by atoms with E-state index >= 15 is 0 Å². The quantitative estimate of drug-likeness (QED) is 0.582. The summed E-state index contributed by atoms with van der Waals surface area (Å²) in [6, 6.07) is 17.4. The number of rotatable bonds is 8. The van der Waals surface area contributed by atoms with E-state index in [-0.39, 0.29) is 0 Å². The summed E-state index contributed by atoms with van der Waals surface area (Å²) >= 11 is 0. The second-order valence-corrected chi connectivity index (χ2v) is 6.31. The summed E-state index contributed by atoms with van der Waals surface area (Å²) in [5, 5.41) is 1.34. The molecule has 1 aromatic heterocycles. The summed E-state index contributed by atoms with van der Waals surface area (Å²) in [4.78, 5) is 5.83. The van der Waals surface area contributed by atoms with Gasteiger partial charge in [-0.1, -0.05) is 55.5 Å². The average Bonchev–Trinajstić information content (AvgIpc) is 3.03. The summed E-state index contributed by atoms with van der Waals surface area (Å²) < 4.78 is 0. The lowest BCUT2D eigenvalue weighted by atomic mass is 10.1. The number of fused-ring (bicyclic) bond motifs is 1. The molecule has 0 saturated heterocycles. The topological polar surface area (TPSA) is 19.0 Å². The Balaban J connectivity index is 1.68. The Morgan fingerprint density at radius 2 is 1.92 bits per heavy atom. The third kappa shape index (κ3) is 3.95. The second kappa shape index (κ2) is 7.98. The Morgan fingerprint density at radius 3 is 2.75 bits per heavy atom. The minimum absolute atomic E-state index is 0.915.